The molecule has 2 aliphatic rings. The summed E-state index contributed by atoms with van der Waals surface area (Å²) >= 11 is 0. The van der Waals surface area contributed by atoms with Gasteiger partial charge in [0.05, 0.1) is 29.9 Å². The third kappa shape index (κ3) is 6.95. The number of hydrogen-bond donors (Lipinski definition) is 3. The maximum Gasteiger partial charge on any atom is 0.270 e. The Balaban J connectivity index is 0.00000145. The number of amides is 2. The lowest BCUT2D eigenvalue weighted by molar-refractivity contribution is 0.0791. The summed E-state index contributed by atoms with van der Waals surface area (Å²) < 4.78 is 30.3. The number of rotatable bonds is 8. The molecular formula is C37H42F2N6O3. The van der Waals surface area contributed by atoms with Gasteiger partial charge in [-0.3, -0.25) is 9.59 Å². The molecule has 1 aliphatic heterocycles. The number of nitrogens with zero attached hydrogens (tertiary/aromatic N) is 4. The summed E-state index contributed by atoms with van der Waals surface area (Å²) in [5, 5.41) is 18.2. The van der Waals surface area contributed by atoms with Gasteiger partial charge in [0.15, 0.2) is 5.65 Å². The predicted molar refractivity (Wildman–Crippen MR) is 182 cm³/mol. The van der Waals surface area contributed by atoms with Crippen molar-refractivity contribution in [3.05, 3.63) is 118 Å². The molecule has 252 valence electrons. The van der Waals surface area contributed by atoms with Gasteiger partial charge in [-0.2, -0.15) is 5.10 Å². The van der Waals surface area contributed by atoms with E-state index in [-0.39, 0.29) is 29.8 Å². The Morgan fingerprint density at radius 3 is 2.54 bits per heavy atom. The molecule has 1 atom stereocenters. The Hall–Kier alpha value is -5.06. The zero-order chi connectivity index (χ0) is 34.7. The first-order valence-corrected chi connectivity index (χ1v) is 16.1. The quantitative estimate of drug-likeness (QED) is 0.180. The van der Waals surface area contributed by atoms with Crippen molar-refractivity contribution in [3.8, 4) is 0 Å². The summed E-state index contributed by atoms with van der Waals surface area (Å²) in [4.78, 5) is 33.0. The monoisotopic (exact) mass is 656 g/mol. The molecule has 2 aromatic carbocycles. The molecule has 1 saturated heterocycles. The van der Waals surface area contributed by atoms with Crippen LogP contribution in [-0.4, -0.2) is 49.5 Å². The van der Waals surface area contributed by atoms with E-state index in [9.17, 15) is 18.4 Å². The van der Waals surface area contributed by atoms with Crippen LogP contribution >= 0.6 is 0 Å². The summed E-state index contributed by atoms with van der Waals surface area (Å²) in [5.41, 5.74) is 5.46. The van der Waals surface area contributed by atoms with E-state index in [1.165, 1.54) is 37.6 Å². The number of aliphatic hydroxyl groups excluding tert-OH is 1. The van der Waals surface area contributed by atoms with Gasteiger partial charge in [-0.25, -0.2) is 18.3 Å². The molecule has 0 radical (unpaired) electrons. The first-order chi connectivity index (χ1) is 22.8. The number of carbonyl (C=O) groups excluding carboxylic acids is 2. The number of benzene rings is 2. The maximum absolute atomic E-state index is 14.5. The molecule has 2 amide bonds. The minimum atomic E-state index is -1.86. The van der Waals surface area contributed by atoms with E-state index in [0.29, 0.717) is 22.6 Å². The van der Waals surface area contributed by atoms with E-state index in [2.05, 4.69) is 33.9 Å². The van der Waals surface area contributed by atoms with Crippen LogP contribution in [0.1, 0.15) is 99.1 Å². The van der Waals surface area contributed by atoms with Crippen LogP contribution in [0.15, 0.2) is 62.0 Å². The van der Waals surface area contributed by atoms with Gasteiger partial charge in [-0.1, -0.05) is 25.3 Å². The molecule has 6 rings (SSSR count). The average Bonchev–Trinajstić information content (AvgIpc) is 3.81. The third-order valence-corrected chi connectivity index (χ3v) is 8.98. The Kier molecular flexibility index (Phi) is 9.98. The van der Waals surface area contributed by atoms with Crippen molar-refractivity contribution in [1.82, 2.24) is 30.1 Å². The van der Waals surface area contributed by atoms with Crippen LogP contribution in [0.3, 0.4) is 0 Å². The standard InChI is InChI=1S/C35H38F2N6O2.C2H4O/c1-20-18-39-43-31(17-30(41-32(20)43)33(44)38-19-23-8-12-28(36)27(16-23)35(4,5)37)22(3)40-29-13-11-24-21(2)25(9-10-26(24)29)34(45)42-14-6-7-15-42;1-2-3/h8-10,12,16-18,29,40H,3,6-7,11,13-15,19H2,1-2,4-5H3,(H,38,44);2-3H,1H2. The van der Waals surface area contributed by atoms with Crippen LogP contribution in [0.2, 0.25) is 0 Å². The fourth-order valence-corrected chi connectivity index (χ4v) is 6.45. The predicted octanol–water partition coefficient (Wildman–Crippen LogP) is 6.79. The van der Waals surface area contributed by atoms with Crippen LogP contribution in [-0.2, 0) is 18.6 Å². The highest BCUT2D eigenvalue weighted by atomic mass is 19.1. The van der Waals surface area contributed by atoms with Crippen molar-refractivity contribution in [2.24, 2.45) is 0 Å². The van der Waals surface area contributed by atoms with Crippen molar-refractivity contribution in [1.29, 1.82) is 0 Å². The summed E-state index contributed by atoms with van der Waals surface area (Å²) in [6.07, 6.45) is 6.23. The first-order valence-electron chi connectivity index (χ1n) is 16.1. The van der Waals surface area contributed by atoms with E-state index in [0.717, 1.165) is 67.3 Å². The van der Waals surface area contributed by atoms with Gasteiger partial charge in [-0.05, 0) is 99.9 Å². The minimum absolute atomic E-state index is 0.0216. The van der Waals surface area contributed by atoms with Crippen molar-refractivity contribution in [2.45, 2.75) is 71.6 Å². The molecule has 0 bridgehead atoms. The lowest BCUT2D eigenvalue weighted by Crippen LogP contribution is -2.28. The largest absolute Gasteiger partial charge is 0.516 e. The number of aliphatic hydroxyl groups is 1. The second kappa shape index (κ2) is 14.0. The van der Waals surface area contributed by atoms with Crippen molar-refractivity contribution >= 4 is 23.2 Å². The second-order valence-electron chi connectivity index (χ2n) is 12.8. The summed E-state index contributed by atoms with van der Waals surface area (Å²) in [7, 11) is 0. The SMILES string of the molecule is C=C(NC1CCc2c1ccc(C(=O)N1CCCC1)c2C)c1cc(C(=O)NCc2ccc(F)c(C(C)(C)F)c2)nc2c(C)cnn12.C=CO. The number of fused-ring (bicyclic) bond motifs is 2. The maximum atomic E-state index is 14.5. The van der Waals surface area contributed by atoms with Gasteiger partial charge < -0.3 is 20.6 Å². The number of likely N-dealkylation sites (tertiary alicyclic amines) is 1. The number of aromatic nitrogens is 3. The van der Waals surface area contributed by atoms with E-state index >= 15 is 0 Å². The first kappa shape index (κ1) is 34.3. The Bertz CT molecular complexity index is 1890. The molecule has 3 N–H and O–H groups in total. The second-order valence-corrected chi connectivity index (χ2v) is 12.8. The van der Waals surface area contributed by atoms with Crippen LogP contribution < -0.4 is 10.6 Å². The van der Waals surface area contributed by atoms with Crippen molar-refractivity contribution < 1.29 is 23.5 Å². The minimum Gasteiger partial charge on any atom is -0.516 e. The zero-order valence-electron chi connectivity index (χ0n) is 27.9. The highest BCUT2D eigenvalue weighted by Gasteiger charge is 2.29. The van der Waals surface area contributed by atoms with Gasteiger partial charge in [-0.15, -0.1) is 0 Å². The van der Waals surface area contributed by atoms with Gasteiger partial charge in [0, 0.05) is 36.3 Å². The topological polar surface area (TPSA) is 112 Å². The molecule has 9 nitrogen and oxygen atoms in total. The van der Waals surface area contributed by atoms with E-state index in [1.807, 2.05) is 30.9 Å². The Morgan fingerprint density at radius 1 is 1.15 bits per heavy atom. The Morgan fingerprint density at radius 2 is 1.85 bits per heavy atom. The molecule has 0 spiro atoms. The molecule has 11 heteroatoms. The van der Waals surface area contributed by atoms with Crippen molar-refractivity contribution in [3.63, 3.8) is 0 Å². The molecule has 1 unspecified atom stereocenters. The van der Waals surface area contributed by atoms with Gasteiger partial charge in [0.1, 0.15) is 17.2 Å². The van der Waals surface area contributed by atoms with Gasteiger partial charge in [0.25, 0.3) is 11.8 Å². The molecule has 0 saturated carbocycles. The molecule has 1 aliphatic carbocycles. The third-order valence-electron chi connectivity index (χ3n) is 8.98. The fraction of sp³-hybridized carbons (Fsp3) is 0.351. The van der Waals surface area contributed by atoms with Gasteiger partial charge >= 0.3 is 0 Å². The number of aryl methyl sites for hydroxylation is 1. The highest BCUT2D eigenvalue weighted by Crippen LogP contribution is 2.36. The zero-order valence-corrected chi connectivity index (χ0v) is 27.9. The van der Waals surface area contributed by atoms with Crippen LogP contribution in [0.5, 0.6) is 0 Å². The number of carbonyl (C=O) groups is 2. The lowest BCUT2D eigenvalue weighted by Gasteiger charge is -2.21. The molecule has 2 aromatic heterocycles. The number of halogens is 2. The highest BCUT2D eigenvalue weighted by molar-refractivity contribution is 5.96. The van der Waals surface area contributed by atoms with E-state index in [1.54, 1.807) is 16.8 Å². The molecular weight excluding hydrogens is 614 g/mol. The molecule has 1 fully saturated rings. The summed E-state index contributed by atoms with van der Waals surface area (Å²) in [5.74, 6) is -0.957. The number of alkyl halides is 1. The van der Waals surface area contributed by atoms with Crippen molar-refractivity contribution in [2.75, 3.05) is 13.1 Å². The normalized spacial score (nSPS) is 15.5. The molecule has 4 aromatic rings. The number of hydrogen-bond acceptors (Lipinski definition) is 6. The fourth-order valence-electron chi connectivity index (χ4n) is 6.45. The summed E-state index contributed by atoms with van der Waals surface area (Å²) in [6.45, 7) is 15.4. The molecule has 48 heavy (non-hydrogen) atoms. The van der Waals surface area contributed by atoms with Crippen LogP contribution in [0.25, 0.3) is 11.3 Å². The van der Waals surface area contributed by atoms with Gasteiger partial charge in [0.2, 0.25) is 0 Å². The van der Waals surface area contributed by atoms with E-state index < -0.39 is 17.4 Å². The average molecular weight is 657 g/mol. The van der Waals surface area contributed by atoms with Crippen LogP contribution in [0, 0.1) is 19.7 Å². The molecule has 3 heterocycles. The Labute approximate surface area is 279 Å². The summed E-state index contributed by atoms with van der Waals surface area (Å²) in [6, 6.07) is 9.77. The van der Waals surface area contributed by atoms with E-state index in [4.69, 9.17) is 5.11 Å². The van der Waals surface area contributed by atoms with Crippen LogP contribution in [0.4, 0.5) is 8.78 Å². The number of nitrogens with one attached hydrogen (secondary N) is 2. The lowest BCUT2D eigenvalue weighted by atomic mass is 9.97. The smallest absolute Gasteiger partial charge is 0.270 e.